The molecule has 1 saturated carbocycles. The molecule has 26 heavy (non-hydrogen) atoms. The third-order valence-electron chi connectivity index (χ3n) is 5.53. The van der Waals surface area contributed by atoms with E-state index in [0.717, 1.165) is 5.56 Å². The van der Waals surface area contributed by atoms with Gasteiger partial charge < -0.3 is 29.3 Å². The van der Waals surface area contributed by atoms with Crippen molar-refractivity contribution in [1.82, 2.24) is 4.90 Å². The second-order valence-electron chi connectivity index (χ2n) is 7.13. The lowest BCUT2D eigenvalue weighted by Gasteiger charge is -2.37. The summed E-state index contributed by atoms with van der Waals surface area (Å²) in [5.41, 5.74) is -1.05. The van der Waals surface area contributed by atoms with E-state index in [2.05, 4.69) is 0 Å². The summed E-state index contributed by atoms with van der Waals surface area (Å²) in [6, 6.07) is 5.51. The van der Waals surface area contributed by atoms with Gasteiger partial charge in [0.05, 0.1) is 33.0 Å². The zero-order chi connectivity index (χ0) is 19.5. The first-order valence-electron chi connectivity index (χ1n) is 8.64. The number of rotatable bonds is 6. The van der Waals surface area contributed by atoms with E-state index < -0.39 is 23.2 Å². The molecule has 1 aliphatic carbocycles. The molecule has 0 radical (unpaired) electrons. The fourth-order valence-corrected chi connectivity index (χ4v) is 3.81. The van der Waals surface area contributed by atoms with Crippen LogP contribution in [-0.2, 0) is 10.2 Å². The molecule has 0 spiro atoms. The van der Waals surface area contributed by atoms with Crippen LogP contribution in [0.25, 0.3) is 0 Å². The Bertz CT molecular complexity index is 647. The summed E-state index contributed by atoms with van der Waals surface area (Å²) < 4.78 is 15.4. The molecule has 7 nitrogen and oxygen atoms in total. The highest BCUT2D eigenvalue weighted by molar-refractivity contribution is 5.66. The van der Waals surface area contributed by atoms with Gasteiger partial charge in [-0.1, -0.05) is 6.07 Å². The second-order valence-corrected chi connectivity index (χ2v) is 7.13. The maximum absolute atomic E-state index is 11.7. The van der Waals surface area contributed by atoms with Crippen molar-refractivity contribution < 1.29 is 29.2 Å². The zero-order valence-corrected chi connectivity index (χ0v) is 16.1. The quantitative estimate of drug-likeness (QED) is 0.799. The first kappa shape index (κ1) is 20.3. The Morgan fingerprint density at radius 3 is 2.38 bits per heavy atom. The molecule has 1 unspecified atom stereocenters. The van der Waals surface area contributed by atoms with Crippen LogP contribution < -0.4 is 9.47 Å². The predicted molar refractivity (Wildman–Crippen MR) is 96.7 cm³/mol. The summed E-state index contributed by atoms with van der Waals surface area (Å²) >= 11 is 0. The summed E-state index contributed by atoms with van der Waals surface area (Å²) in [6.45, 7) is 2.03. The lowest BCUT2D eigenvalue weighted by molar-refractivity contribution is -0.0644. The summed E-state index contributed by atoms with van der Waals surface area (Å²) in [5.74, 6) is 1.15. The van der Waals surface area contributed by atoms with Gasteiger partial charge in [-0.25, -0.2) is 4.79 Å². The van der Waals surface area contributed by atoms with Crippen molar-refractivity contribution in [3.8, 4) is 11.5 Å². The predicted octanol–water partition coefficient (Wildman–Crippen LogP) is 1.94. The number of amides is 1. The third kappa shape index (κ3) is 3.59. The van der Waals surface area contributed by atoms with Crippen LogP contribution in [-0.4, -0.2) is 67.8 Å². The minimum absolute atomic E-state index is 0.383. The number of aliphatic hydroxyl groups is 2. The van der Waals surface area contributed by atoms with Crippen LogP contribution in [0.4, 0.5) is 4.79 Å². The maximum Gasteiger partial charge on any atom is 0.409 e. The summed E-state index contributed by atoms with van der Waals surface area (Å²) in [7, 11) is 6.10. The number of hydrogen-bond acceptors (Lipinski definition) is 6. The molecule has 0 aliphatic heterocycles. The lowest BCUT2D eigenvalue weighted by Crippen LogP contribution is -2.47. The molecule has 1 aromatic rings. The molecule has 1 fully saturated rings. The molecule has 2 N–H and O–H groups in total. The van der Waals surface area contributed by atoms with E-state index in [9.17, 15) is 15.0 Å². The minimum Gasteiger partial charge on any atom is -0.493 e. The Kier molecular flexibility index (Phi) is 6.03. The van der Waals surface area contributed by atoms with Gasteiger partial charge in [0.15, 0.2) is 11.5 Å². The highest BCUT2D eigenvalue weighted by atomic mass is 16.5. The molecule has 2 rings (SSSR count). The number of ether oxygens (including phenoxy) is 3. The van der Waals surface area contributed by atoms with E-state index in [1.807, 2.05) is 12.1 Å². The van der Waals surface area contributed by atoms with E-state index >= 15 is 0 Å². The molecule has 3 atom stereocenters. The molecule has 1 aliphatic rings. The Morgan fingerprint density at radius 1 is 1.23 bits per heavy atom. The van der Waals surface area contributed by atoms with E-state index in [-0.39, 0.29) is 0 Å². The monoisotopic (exact) mass is 367 g/mol. The van der Waals surface area contributed by atoms with Crippen molar-refractivity contribution in [2.24, 2.45) is 0 Å². The van der Waals surface area contributed by atoms with Crippen LogP contribution >= 0.6 is 0 Å². The van der Waals surface area contributed by atoms with Gasteiger partial charge in [0.1, 0.15) is 0 Å². The van der Waals surface area contributed by atoms with E-state index in [0.29, 0.717) is 37.3 Å². The first-order chi connectivity index (χ1) is 12.2. The standard InChI is InChI=1S/C19H29NO6/c1-18(23)8-9-19(16(18)21,10-11-20(2)17(22)26-5)13-6-7-14(24-3)15(12-13)25-4/h6-7,12,16,21,23H,8-11H2,1-5H3/t16-,18?,19-/m0/s1. The van der Waals surface area contributed by atoms with Crippen molar-refractivity contribution in [1.29, 1.82) is 0 Å². The summed E-state index contributed by atoms with van der Waals surface area (Å²) in [5, 5.41) is 21.6. The maximum atomic E-state index is 11.7. The highest BCUT2D eigenvalue weighted by Crippen LogP contribution is 2.50. The fraction of sp³-hybridized carbons (Fsp3) is 0.632. The van der Waals surface area contributed by atoms with Gasteiger partial charge in [0.25, 0.3) is 0 Å². The average molecular weight is 367 g/mol. The van der Waals surface area contributed by atoms with Gasteiger partial charge in [0, 0.05) is 19.0 Å². The van der Waals surface area contributed by atoms with Gasteiger partial charge in [-0.3, -0.25) is 0 Å². The largest absolute Gasteiger partial charge is 0.493 e. The molecule has 1 amide bonds. The smallest absolute Gasteiger partial charge is 0.409 e. The Morgan fingerprint density at radius 2 is 1.88 bits per heavy atom. The van der Waals surface area contributed by atoms with Crippen molar-refractivity contribution in [3.05, 3.63) is 23.8 Å². The van der Waals surface area contributed by atoms with Gasteiger partial charge >= 0.3 is 6.09 Å². The molecular weight excluding hydrogens is 338 g/mol. The van der Waals surface area contributed by atoms with Crippen LogP contribution in [0, 0.1) is 0 Å². The van der Waals surface area contributed by atoms with Crippen molar-refractivity contribution >= 4 is 6.09 Å². The number of benzene rings is 1. The van der Waals surface area contributed by atoms with Crippen molar-refractivity contribution in [3.63, 3.8) is 0 Å². The first-order valence-corrected chi connectivity index (χ1v) is 8.64. The van der Waals surface area contributed by atoms with E-state index in [1.54, 1.807) is 34.3 Å². The van der Waals surface area contributed by atoms with Crippen LogP contribution in [0.15, 0.2) is 18.2 Å². The lowest BCUT2D eigenvalue weighted by atomic mass is 9.73. The highest BCUT2D eigenvalue weighted by Gasteiger charge is 2.54. The number of methoxy groups -OCH3 is 3. The molecule has 146 valence electrons. The number of carbonyl (C=O) groups excluding carboxylic acids is 1. The number of carbonyl (C=O) groups is 1. The van der Waals surface area contributed by atoms with E-state index in [1.165, 1.54) is 12.0 Å². The number of aliphatic hydroxyl groups excluding tert-OH is 1. The van der Waals surface area contributed by atoms with Crippen molar-refractivity contribution in [2.45, 2.75) is 43.3 Å². The minimum atomic E-state index is -1.20. The Balaban J connectivity index is 2.41. The summed E-state index contributed by atoms with van der Waals surface area (Å²) in [6.07, 6.45) is 0.118. The Labute approximate surface area is 154 Å². The van der Waals surface area contributed by atoms with Gasteiger partial charge in [-0.2, -0.15) is 0 Å². The summed E-state index contributed by atoms with van der Waals surface area (Å²) in [4.78, 5) is 13.2. The van der Waals surface area contributed by atoms with Gasteiger partial charge in [-0.15, -0.1) is 0 Å². The Hall–Kier alpha value is -1.99. The second kappa shape index (κ2) is 7.72. The zero-order valence-electron chi connectivity index (χ0n) is 16.1. The average Bonchev–Trinajstić information content (AvgIpc) is 2.89. The molecule has 0 bridgehead atoms. The fourth-order valence-electron chi connectivity index (χ4n) is 3.81. The van der Waals surface area contributed by atoms with Gasteiger partial charge in [-0.05, 0) is 43.9 Å². The van der Waals surface area contributed by atoms with Gasteiger partial charge in [0.2, 0.25) is 0 Å². The number of nitrogens with zero attached hydrogens (tertiary/aromatic N) is 1. The molecule has 0 aromatic heterocycles. The third-order valence-corrected chi connectivity index (χ3v) is 5.53. The number of hydrogen-bond donors (Lipinski definition) is 2. The van der Waals surface area contributed by atoms with E-state index in [4.69, 9.17) is 14.2 Å². The van der Waals surface area contributed by atoms with Crippen molar-refractivity contribution in [2.75, 3.05) is 34.9 Å². The molecular formula is C19H29NO6. The van der Waals surface area contributed by atoms with Crippen LogP contribution in [0.2, 0.25) is 0 Å². The normalized spacial score (nSPS) is 27.9. The molecule has 0 heterocycles. The molecule has 1 aromatic carbocycles. The van der Waals surface area contributed by atoms with Crippen LogP contribution in [0.5, 0.6) is 11.5 Å². The van der Waals surface area contributed by atoms with Crippen LogP contribution in [0.3, 0.4) is 0 Å². The topological polar surface area (TPSA) is 88.5 Å². The SMILES string of the molecule is COC(=O)N(C)CC[C@]1(c2ccc(OC)c(OC)c2)CCC(C)(O)[C@@H]1O. The molecule has 0 saturated heterocycles. The van der Waals surface area contributed by atoms with Crippen LogP contribution in [0.1, 0.15) is 31.7 Å². The molecule has 7 heteroatoms.